The first kappa shape index (κ1) is 14.0. The molecule has 102 valence electrons. The van der Waals surface area contributed by atoms with Gasteiger partial charge in [0.25, 0.3) is 5.91 Å². The zero-order chi connectivity index (χ0) is 14.4. The van der Waals surface area contributed by atoms with Crippen LogP contribution in [-0.4, -0.2) is 12.1 Å². The molecule has 3 nitrogen and oxygen atoms in total. The molecule has 0 aliphatic carbocycles. The van der Waals surface area contributed by atoms with Gasteiger partial charge in [-0.1, -0.05) is 50.2 Å². The number of benzene rings is 2. The van der Waals surface area contributed by atoms with E-state index in [9.17, 15) is 4.79 Å². The molecule has 0 radical (unpaired) electrons. The molecule has 2 aromatic carbocycles. The number of hydrazone groups is 1. The van der Waals surface area contributed by atoms with Crippen molar-refractivity contribution < 1.29 is 4.79 Å². The molecule has 0 bridgehead atoms. The number of hydrogen-bond acceptors (Lipinski definition) is 2. The fourth-order valence-corrected chi connectivity index (χ4v) is 1.71. The molecule has 0 aliphatic heterocycles. The maximum absolute atomic E-state index is 12.6. The third kappa shape index (κ3) is 3.54. The lowest BCUT2D eigenvalue weighted by atomic mass is 10.2. The van der Waals surface area contributed by atoms with Crippen LogP contribution in [-0.2, 0) is 0 Å². The predicted octanol–water partition coefficient (Wildman–Crippen LogP) is 3.98. The smallest absolute Gasteiger partial charge is 0.267 e. The molecule has 0 saturated heterocycles. The molecule has 0 heterocycles. The number of rotatable bonds is 4. The summed E-state index contributed by atoms with van der Waals surface area (Å²) in [4.78, 5) is 12.6. The molecule has 0 atom stereocenters. The van der Waals surface area contributed by atoms with Crippen molar-refractivity contribution in [3.63, 3.8) is 0 Å². The third-order valence-corrected chi connectivity index (χ3v) is 2.69. The molecule has 0 saturated carbocycles. The molecule has 3 heteroatoms. The van der Waals surface area contributed by atoms with E-state index in [-0.39, 0.29) is 11.8 Å². The van der Waals surface area contributed by atoms with E-state index in [0.29, 0.717) is 5.56 Å². The average molecular weight is 266 g/mol. The van der Waals surface area contributed by atoms with Crippen LogP contribution >= 0.6 is 0 Å². The SMILES string of the molecule is CC(C)/C=N/N(C(=O)c1ccccc1)c1ccccc1. The van der Waals surface area contributed by atoms with Crippen LogP contribution in [0.2, 0.25) is 0 Å². The molecule has 0 unspecified atom stereocenters. The summed E-state index contributed by atoms with van der Waals surface area (Å²) < 4.78 is 0. The fourth-order valence-electron chi connectivity index (χ4n) is 1.71. The zero-order valence-electron chi connectivity index (χ0n) is 11.7. The van der Waals surface area contributed by atoms with Gasteiger partial charge in [0.05, 0.1) is 5.69 Å². The quantitative estimate of drug-likeness (QED) is 0.608. The van der Waals surface area contributed by atoms with Gasteiger partial charge >= 0.3 is 0 Å². The van der Waals surface area contributed by atoms with Crippen molar-refractivity contribution in [1.29, 1.82) is 0 Å². The number of nitrogens with zero attached hydrogens (tertiary/aromatic N) is 2. The van der Waals surface area contributed by atoms with E-state index in [1.165, 1.54) is 5.01 Å². The number of amides is 1. The largest absolute Gasteiger partial charge is 0.278 e. The van der Waals surface area contributed by atoms with E-state index >= 15 is 0 Å². The van der Waals surface area contributed by atoms with Gasteiger partial charge in [-0.05, 0) is 30.2 Å². The van der Waals surface area contributed by atoms with Crippen molar-refractivity contribution in [3.8, 4) is 0 Å². The first-order chi connectivity index (χ1) is 9.68. The van der Waals surface area contributed by atoms with Gasteiger partial charge in [-0.2, -0.15) is 10.1 Å². The summed E-state index contributed by atoms with van der Waals surface area (Å²) in [5.74, 6) is 0.151. The number of carbonyl (C=O) groups is 1. The van der Waals surface area contributed by atoms with Gasteiger partial charge in [0, 0.05) is 11.8 Å². The molecule has 20 heavy (non-hydrogen) atoms. The van der Waals surface area contributed by atoms with Crippen molar-refractivity contribution >= 4 is 17.8 Å². The van der Waals surface area contributed by atoms with Crippen LogP contribution in [0.3, 0.4) is 0 Å². The Hall–Kier alpha value is -2.42. The van der Waals surface area contributed by atoms with Gasteiger partial charge in [-0.15, -0.1) is 0 Å². The van der Waals surface area contributed by atoms with Gasteiger partial charge in [0.15, 0.2) is 0 Å². The van der Waals surface area contributed by atoms with E-state index < -0.39 is 0 Å². The number of anilines is 1. The summed E-state index contributed by atoms with van der Waals surface area (Å²) in [6.45, 7) is 4.05. The monoisotopic (exact) mass is 266 g/mol. The highest BCUT2D eigenvalue weighted by atomic mass is 16.2. The van der Waals surface area contributed by atoms with Crippen LogP contribution in [0.15, 0.2) is 65.8 Å². The molecule has 0 spiro atoms. The first-order valence-corrected chi connectivity index (χ1v) is 6.67. The standard InChI is InChI=1S/C17H18N2O/c1-14(2)13-18-19(16-11-7-4-8-12-16)17(20)15-9-5-3-6-10-15/h3-14H,1-2H3/b18-13+. The van der Waals surface area contributed by atoms with Crippen LogP contribution in [0.5, 0.6) is 0 Å². The van der Waals surface area contributed by atoms with Crippen molar-refractivity contribution in [3.05, 3.63) is 66.2 Å². The molecule has 0 aromatic heterocycles. The maximum Gasteiger partial charge on any atom is 0.278 e. The lowest BCUT2D eigenvalue weighted by Gasteiger charge is -2.17. The lowest BCUT2D eigenvalue weighted by Crippen LogP contribution is -2.25. The number of carbonyl (C=O) groups excluding carboxylic acids is 1. The minimum Gasteiger partial charge on any atom is -0.267 e. The zero-order valence-corrected chi connectivity index (χ0v) is 11.7. The van der Waals surface area contributed by atoms with E-state index in [2.05, 4.69) is 5.10 Å². The maximum atomic E-state index is 12.6. The van der Waals surface area contributed by atoms with Crippen LogP contribution in [0.25, 0.3) is 0 Å². The summed E-state index contributed by atoms with van der Waals surface area (Å²) in [6.07, 6.45) is 1.77. The molecule has 2 aromatic rings. The summed E-state index contributed by atoms with van der Waals surface area (Å²) in [7, 11) is 0. The summed E-state index contributed by atoms with van der Waals surface area (Å²) in [5, 5.41) is 5.77. The second kappa shape index (κ2) is 6.66. The highest BCUT2D eigenvalue weighted by Crippen LogP contribution is 2.17. The summed E-state index contributed by atoms with van der Waals surface area (Å²) >= 11 is 0. The Labute approximate surface area is 119 Å². The van der Waals surface area contributed by atoms with Gasteiger partial charge in [-0.25, -0.2) is 0 Å². The second-order valence-electron chi connectivity index (χ2n) is 4.83. The molecular weight excluding hydrogens is 248 g/mol. The van der Waals surface area contributed by atoms with Crippen LogP contribution in [0.1, 0.15) is 24.2 Å². The second-order valence-corrected chi connectivity index (χ2v) is 4.83. The molecule has 0 aliphatic rings. The molecular formula is C17H18N2O. The lowest BCUT2D eigenvalue weighted by molar-refractivity contribution is 0.0987. The van der Waals surface area contributed by atoms with Crippen LogP contribution in [0, 0.1) is 5.92 Å². The van der Waals surface area contributed by atoms with Crippen LogP contribution in [0.4, 0.5) is 5.69 Å². The van der Waals surface area contributed by atoms with Crippen LogP contribution < -0.4 is 5.01 Å². The minimum atomic E-state index is -0.131. The summed E-state index contributed by atoms with van der Waals surface area (Å²) in [5.41, 5.74) is 1.38. The fraction of sp³-hybridized carbons (Fsp3) is 0.176. The Bertz CT molecular complexity index is 576. The van der Waals surface area contributed by atoms with E-state index in [1.54, 1.807) is 18.3 Å². The molecule has 2 rings (SSSR count). The average Bonchev–Trinajstić information content (AvgIpc) is 2.49. The van der Waals surface area contributed by atoms with Crippen molar-refractivity contribution in [2.24, 2.45) is 11.0 Å². The Morgan fingerprint density at radius 1 is 1.00 bits per heavy atom. The normalized spacial score (nSPS) is 10.9. The highest BCUT2D eigenvalue weighted by Gasteiger charge is 2.16. The van der Waals surface area contributed by atoms with Gasteiger partial charge in [0.2, 0.25) is 0 Å². The van der Waals surface area contributed by atoms with Gasteiger partial charge in [-0.3, -0.25) is 4.79 Å². The van der Waals surface area contributed by atoms with Crippen molar-refractivity contribution in [1.82, 2.24) is 0 Å². The number of hydrogen-bond donors (Lipinski definition) is 0. The minimum absolute atomic E-state index is 0.131. The van der Waals surface area contributed by atoms with Gasteiger partial charge < -0.3 is 0 Å². The Morgan fingerprint density at radius 2 is 1.55 bits per heavy atom. The highest BCUT2D eigenvalue weighted by molar-refractivity contribution is 6.06. The molecule has 0 fully saturated rings. The Kier molecular flexibility index (Phi) is 4.66. The third-order valence-electron chi connectivity index (χ3n) is 2.69. The van der Waals surface area contributed by atoms with Crippen molar-refractivity contribution in [2.75, 3.05) is 5.01 Å². The topological polar surface area (TPSA) is 32.7 Å². The summed E-state index contributed by atoms with van der Waals surface area (Å²) in [6, 6.07) is 18.6. The van der Waals surface area contributed by atoms with Crippen molar-refractivity contribution in [2.45, 2.75) is 13.8 Å². The van der Waals surface area contributed by atoms with Gasteiger partial charge in [0.1, 0.15) is 0 Å². The molecule has 1 amide bonds. The van der Waals surface area contributed by atoms with E-state index in [0.717, 1.165) is 5.69 Å². The molecule has 0 N–H and O–H groups in total. The van der Waals surface area contributed by atoms with E-state index in [4.69, 9.17) is 0 Å². The number of para-hydroxylation sites is 1. The Morgan fingerprint density at radius 3 is 2.10 bits per heavy atom. The first-order valence-electron chi connectivity index (χ1n) is 6.67. The Balaban J connectivity index is 2.34. The van der Waals surface area contributed by atoms with E-state index in [1.807, 2.05) is 62.4 Å². The predicted molar refractivity (Wildman–Crippen MR) is 83.0 cm³/mol.